The molecule has 0 saturated heterocycles. The molecule has 1 amide bonds. The van der Waals surface area contributed by atoms with E-state index in [-0.39, 0.29) is 6.03 Å². The Kier molecular flexibility index (Phi) is 2.55. The van der Waals surface area contributed by atoms with Gasteiger partial charge < -0.3 is 10.3 Å². The van der Waals surface area contributed by atoms with Gasteiger partial charge in [-0.2, -0.15) is 0 Å². The molecule has 4 nitrogen and oxygen atoms in total. The summed E-state index contributed by atoms with van der Waals surface area (Å²) in [6.07, 6.45) is 0. The number of aromatic amines is 1. The zero-order chi connectivity index (χ0) is 10.8. The van der Waals surface area contributed by atoms with Crippen LogP contribution in [0.1, 0.15) is 6.92 Å². The number of para-hydroxylation sites is 2. The van der Waals surface area contributed by atoms with Crippen molar-refractivity contribution < 1.29 is 4.79 Å². The lowest BCUT2D eigenvalue weighted by atomic mass is 10.3. The largest absolute Gasteiger partial charge is 0.338 e. The molecular weight excluding hydrogens is 210 g/mol. The molecule has 1 aromatic heterocycles. The number of rotatable bonds is 1. The maximum Gasteiger partial charge on any atom is 0.328 e. The summed E-state index contributed by atoms with van der Waals surface area (Å²) in [7, 11) is 0. The third-order valence-corrected chi connectivity index (χ3v) is 2.41. The fourth-order valence-electron chi connectivity index (χ4n) is 1.49. The molecule has 2 aromatic rings. The van der Waals surface area contributed by atoms with E-state index in [4.69, 9.17) is 12.2 Å². The van der Waals surface area contributed by atoms with Crippen LogP contribution in [0.5, 0.6) is 0 Å². The summed E-state index contributed by atoms with van der Waals surface area (Å²) < 4.78 is 1.89. The van der Waals surface area contributed by atoms with E-state index < -0.39 is 0 Å². The summed E-state index contributed by atoms with van der Waals surface area (Å²) in [6.45, 7) is 2.45. The van der Waals surface area contributed by atoms with Crippen LogP contribution in [0, 0.1) is 4.77 Å². The van der Waals surface area contributed by atoms with Crippen LogP contribution >= 0.6 is 12.2 Å². The van der Waals surface area contributed by atoms with E-state index >= 15 is 0 Å². The predicted molar refractivity (Wildman–Crippen MR) is 61.6 cm³/mol. The first-order valence-electron chi connectivity index (χ1n) is 4.72. The van der Waals surface area contributed by atoms with Gasteiger partial charge >= 0.3 is 6.03 Å². The zero-order valence-corrected chi connectivity index (χ0v) is 9.10. The average Bonchev–Trinajstić information content (AvgIpc) is 2.54. The molecule has 2 rings (SSSR count). The molecule has 1 heterocycles. The lowest BCUT2D eigenvalue weighted by molar-refractivity contribution is 0.243. The molecule has 0 aliphatic rings. The molecule has 2 N–H and O–H groups in total. The highest BCUT2D eigenvalue weighted by Gasteiger charge is 2.09. The monoisotopic (exact) mass is 221 g/mol. The third kappa shape index (κ3) is 1.66. The molecule has 0 spiro atoms. The first-order chi connectivity index (χ1) is 7.24. The lowest BCUT2D eigenvalue weighted by Crippen LogP contribution is -2.28. The molecule has 0 fully saturated rings. The van der Waals surface area contributed by atoms with Crippen molar-refractivity contribution in [2.45, 2.75) is 6.92 Å². The van der Waals surface area contributed by atoms with Gasteiger partial charge in [0.15, 0.2) is 4.77 Å². The van der Waals surface area contributed by atoms with Gasteiger partial charge in [0.05, 0.1) is 11.0 Å². The number of fused-ring (bicyclic) bond motifs is 1. The van der Waals surface area contributed by atoms with Crippen LogP contribution in [0.25, 0.3) is 11.0 Å². The molecule has 0 aliphatic carbocycles. The first kappa shape index (κ1) is 9.92. The smallest absolute Gasteiger partial charge is 0.328 e. The SMILES string of the molecule is CCNC(=O)n1c(=S)[nH]c2ccccc21. The van der Waals surface area contributed by atoms with Crippen molar-refractivity contribution in [2.75, 3.05) is 6.54 Å². The highest BCUT2D eigenvalue weighted by molar-refractivity contribution is 7.71. The summed E-state index contributed by atoms with van der Waals surface area (Å²) in [5.74, 6) is 0. The Morgan fingerprint density at radius 2 is 2.27 bits per heavy atom. The Bertz CT molecular complexity index is 555. The van der Waals surface area contributed by atoms with Gasteiger partial charge in [-0.3, -0.25) is 0 Å². The van der Waals surface area contributed by atoms with Crippen LogP contribution in [-0.4, -0.2) is 22.1 Å². The second-order valence-corrected chi connectivity index (χ2v) is 3.50. The van der Waals surface area contributed by atoms with Crippen molar-refractivity contribution in [1.29, 1.82) is 0 Å². The molecule has 0 unspecified atom stereocenters. The molecule has 5 heteroatoms. The number of nitrogens with zero attached hydrogens (tertiary/aromatic N) is 1. The summed E-state index contributed by atoms with van der Waals surface area (Å²) in [6, 6.07) is 7.33. The number of imidazole rings is 1. The maximum atomic E-state index is 11.7. The summed E-state index contributed by atoms with van der Waals surface area (Å²) in [5, 5.41) is 2.72. The molecule has 0 aliphatic heterocycles. The van der Waals surface area contributed by atoms with Crippen LogP contribution < -0.4 is 5.32 Å². The average molecular weight is 221 g/mol. The lowest BCUT2D eigenvalue weighted by Gasteiger charge is -2.02. The van der Waals surface area contributed by atoms with Gasteiger partial charge in [-0.15, -0.1) is 0 Å². The van der Waals surface area contributed by atoms with Crippen LogP contribution in [0.15, 0.2) is 24.3 Å². The molecule has 0 radical (unpaired) electrons. The van der Waals surface area contributed by atoms with Gasteiger partial charge in [-0.1, -0.05) is 12.1 Å². The van der Waals surface area contributed by atoms with Gasteiger partial charge in [0.1, 0.15) is 0 Å². The Morgan fingerprint density at radius 1 is 1.53 bits per heavy atom. The summed E-state index contributed by atoms with van der Waals surface area (Å²) in [4.78, 5) is 14.7. The number of carbonyl (C=O) groups is 1. The van der Waals surface area contributed by atoms with E-state index in [1.165, 1.54) is 4.57 Å². The zero-order valence-electron chi connectivity index (χ0n) is 8.28. The Labute approximate surface area is 91.9 Å². The highest BCUT2D eigenvalue weighted by Crippen LogP contribution is 2.12. The first-order valence-corrected chi connectivity index (χ1v) is 5.13. The van der Waals surface area contributed by atoms with Crippen molar-refractivity contribution in [3.8, 4) is 0 Å². The predicted octanol–water partition coefficient (Wildman–Crippen LogP) is 2.28. The van der Waals surface area contributed by atoms with E-state index in [1.54, 1.807) is 0 Å². The number of aromatic nitrogens is 2. The fourth-order valence-corrected chi connectivity index (χ4v) is 1.78. The van der Waals surface area contributed by atoms with Gasteiger partial charge in [0, 0.05) is 6.54 Å². The Balaban J connectivity index is 2.64. The fraction of sp³-hybridized carbons (Fsp3) is 0.200. The van der Waals surface area contributed by atoms with Gasteiger partial charge in [-0.25, -0.2) is 9.36 Å². The molecular formula is C10H11N3OS. The van der Waals surface area contributed by atoms with Crippen LogP contribution in [0.3, 0.4) is 0 Å². The van der Waals surface area contributed by atoms with E-state index in [1.807, 2.05) is 31.2 Å². The van der Waals surface area contributed by atoms with Crippen molar-refractivity contribution in [3.63, 3.8) is 0 Å². The minimum absolute atomic E-state index is 0.194. The van der Waals surface area contributed by atoms with Crippen molar-refractivity contribution in [2.24, 2.45) is 0 Å². The van der Waals surface area contributed by atoms with E-state index in [0.717, 1.165) is 11.0 Å². The standard InChI is InChI=1S/C10H11N3OS/c1-2-11-9(14)13-8-6-4-3-5-7(8)12-10(13)15/h3-6H,2H2,1H3,(H,11,14)(H,12,15). The number of hydrogen-bond donors (Lipinski definition) is 2. The molecule has 0 saturated carbocycles. The van der Waals surface area contributed by atoms with E-state index in [0.29, 0.717) is 11.3 Å². The van der Waals surface area contributed by atoms with Crippen molar-refractivity contribution >= 4 is 29.3 Å². The Morgan fingerprint density at radius 3 is 3.00 bits per heavy atom. The number of hydrogen-bond acceptors (Lipinski definition) is 2. The number of H-pyrrole nitrogens is 1. The quantitative estimate of drug-likeness (QED) is 0.726. The maximum absolute atomic E-state index is 11.7. The number of amides is 1. The van der Waals surface area contributed by atoms with Crippen LogP contribution in [0.4, 0.5) is 4.79 Å². The third-order valence-electron chi connectivity index (χ3n) is 2.12. The molecule has 0 atom stereocenters. The molecule has 0 bridgehead atoms. The van der Waals surface area contributed by atoms with E-state index in [2.05, 4.69) is 10.3 Å². The highest BCUT2D eigenvalue weighted by atomic mass is 32.1. The van der Waals surface area contributed by atoms with Crippen LogP contribution in [-0.2, 0) is 0 Å². The van der Waals surface area contributed by atoms with Gasteiger partial charge in [-0.05, 0) is 31.3 Å². The van der Waals surface area contributed by atoms with Crippen LogP contribution in [0.2, 0.25) is 0 Å². The number of nitrogens with one attached hydrogen (secondary N) is 2. The molecule has 78 valence electrons. The van der Waals surface area contributed by atoms with E-state index in [9.17, 15) is 4.79 Å². The summed E-state index contributed by atoms with van der Waals surface area (Å²) >= 11 is 5.09. The van der Waals surface area contributed by atoms with Gasteiger partial charge in [0.25, 0.3) is 0 Å². The number of carbonyl (C=O) groups excluding carboxylic acids is 1. The van der Waals surface area contributed by atoms with Crippen molar-refractivity contribution in [1.82, 2.24) is 14.9 Å². The van der Waals surface area contributed by atoms with Gasteiger partial charge in [0.2, 0.25) is 0 Å². The minimum Gasteiger partial charge on any atom is -0.338 e. The normalized spacial score (nSPS) is 10.5. The summed E-state index contributed by atoms with van der Waals surface area (Å²) in [5.41, 5.74) is 1.67. The topological polar surface area (TPSA) is 49.8 Å². The van der Waals surface area contributed by atoms with Crippen molar-refractivity contribution in [3.05, 3.63) is 29.0 Å². The minimum atomic E-state index is -0.194. The second kappa shape index (κ2) is 3.86. The second-order valence-electron chi connectivity index (χ2n) is 3.12. The molecule has 1 aromatic carbocycles. The Hall–Kier alpha value is -1.62. The molecule has 15 heavy (non-hydrogen) atoms. The number of benzene rings is 1.